The molecule has 0 amide bonds. The largest absolute Gasteiger partial charge is 0.508 e. The van der Waals surface area contributed by atoms with Crippen molar-refractivity contribution in [2.24, 2.45) is 0 Å². The van der Waals surface area contributed by atoms with E-state index in [-0.39, 0.29) is 29.4 Å². The van der Waals surface area contributed by atoms with Crippen LogP contribution in [0.1, 0.15) is 30.0 Å². The van der Waals surface area contributed by atoms with Gasteiger partial charge >= 0.3 is 5.97 Å². The molecule has 2 atom stereocenters. The van der Waals surface area contributed by atoms with Gasteiger partial charge in [-0.3, -0.25) is 0 Å². The van der Waals surface area contributed by atoms with Crippen molar-refractivity contribution in [2.45, 2.75) is 38.6 Å². The molecule has 2 aromatic rings. The van der Waals surface area contributed by atoms with E-state index in [9.17, 15) is 20.1 Å². The van der Waals surface area contributed by atoms with Gasteiger partial charge in [0.1, 0.15) is 17.2 Å². The predicted molar refractivity (Wildman–Crippen MR) is 97.4 cm³/mol. The summed E-state index contributed by atoms with van der Waals surface area (Å²) in [6, 6.07) is 9.43. The molecule has 2 aromatic carbocycles. The molecule has 0 aromatic heterocycles. The van der Waals surface area contributed by atoms with Crippen LogP contribution in [0.4, 0.5) is 0 Å². The van der Waals surface area contributed by atoms with Crippen LogP contribution in [0.25, 0.3) is 0 Å². The van der Waals surface area contributed by atoms with Crippen LogP contribution in [0.5, 0.6) is 17.2 Å². The van der Waals surface area contributed by atoms with E-state index in [0.29, 0.717) is 23.3 Å². The maximum absolute atomic E-state index is 12.1. The van der Waals surface area contributed by atoms with Crippen molar-refractivity contribution in [3.8, 4) is 17.2 Å². The molecule has 0 saturated carbocycles. The number of hydrogen-bond acceptors (Lipinski definition) is 7. The minimum absolute atomic E-state index is 0.00470. The van der Waals surface area contributed by atoms with Gasteiger partial charge in [0.15, 0.2) is 11.9 Å². The molecule has 2 aliphatic heterocycles. The number of aromatic hydroxyl groups is 3. The van der Waals surface area contributed by atoms with Crippen molar-refractivity contribution >= 4 is 5.97 Å². The van der Waals surface area contributed by atoms with Gasteiger partial charge in [-0.1, -0.05) is 12.1 Å². The van der Waals surface area contributed by atoms with E-state index in [1.807, 2.05) is 0 Å². The smallest absolute Gasteiger partial charge is 0.378 e. The van der Waals surface area contributed by atoms with Gasteiger partial charge in [-0.25, -0.2) is 4.79 Å². The Morgan fingerprint density at radius 3 is 2.39 bits per heavy atom. The van der Waals surface area contributed by atoms with Crippen molar-refractivity contribution in [1.29, 1.82) is 0 Å². The zero-order chi connectivity index (χ0) is 20.1. The molecule has 0 radical (unpaired) electrons. The van der Waals surface area contributed by atoms with E-state index in [1.165, 1.54) is 12.1 Å². The Labute approximate surface area is 161 Å². The number of carbonyl (C=O) groups is 1. The Morgan fingerprint density at radius 2 is 1.75 bits per heavy atom. The van der Waals surface area contributed by atoms with Crippen LogP contribution in [0, 0.1) is 6.92 Å². The van der Waals surface area contributed by atoms with E-state index in [4.69, 9.17) is 14.2 Å². The molecule has 7 heteroatoms. The molecule has 2 heterocycles. The summed E-state index contributed by atoms with van der Waals surface area (Å²) in [6.45, 7) is 3.40. The fourth-order valence-corrected chi connectivity index (χ4v) is 3.68. The molecule has 28 heavy (non-hydrogen) atoms. The number of hydrogen-bond donors (Lipinski definition) is 3. The summed E-state index contributed by atoms with van der Waals surface area (Å²) in [6.07, 6.45) is 0.186. The van der Waals surface area contributed by atoms with Gasteiger partial charge in [0, 0.05) is 12.5 Å². The van der Waals surface area contributed by atoms with Gasteiger partial charge in [0.2, 0.25) is 0 Å². The maximum Gasteiger partial charge on any atom is 0.378 e. The number of rotatable bonds is 4. The monoisotopic (exact) mass is 384 g/mol. The third-order valence-electron chi connectivity index (χ3n) is 4.96. The van der Waals surface area contributed by atoms with E-state index in [0.717, 1.165) is 5.56 Å². The average molecular weight is 384 g/mol. The molecular weight excluding hydrogens is 364 g/mol. The fraction of sp³-hybridized carbons (Fsp3) is 0.286. The summed E-state index contributed by atoms with van der Waals surface area (Å²) in [4.78, 5) is 12.1. The molecule has 0 saturated heterocycles. The first-order valence-electron chi connectivity index (χ1n) is 8.93. The van der Waals surface area contributed by atoms with Crippen LogP contribution < -0.4 is 0 Å². The maximum atomic E-state index is 12.1. The van der Waals surface area contributed by atoms with Crippen molar-refractivity contribution in [1.82, 2.24) is 0 Å². The highest BCUT2D eigenvalue weighted by atomic mass is 16.8. The number of ether oxygens (including phenoxy) is 3. The molecule has 2 unspecified atom stereocenters. The molecule has 146 valence electrons. The number of phenols is 3. The lowest BCUT2D eigenvalue weighted by Crippen LogP contribution is -2.33. The van der Waals surface area contributed by atoms with Crippen LogP contribution in [0.3, 0.4) is 0 Å². The van der Waals surface area contributed by atoms with E-state index >= 15 is 0 Å². The second kappa shape index (κ2) is 6.37. The molecular formula is C21H20O7. The molecule has 7 nitrogen and oxygen atoms in total. The number of esters is 1. The highest BCUT2D eigenvalue weighted by molar-refractivity contribution is 5.90. The Kier molecular flexibility index (Phi) is 4.10. The molecule has 0 aliphatic carbocycles. The first-order chi connectivity index (χ1) is 13.3. The summed E-state index contributed by atoms with van der Waals surface area (Å²) < 4.78 is 17.2. The molecule has 0 bridgehead atoms. The van der Waals surface area contributed by atoms with Crippen LogP contribution in [0.2, 0.25) is 0 Å². The normalized spacial score (nSPS) is 23.2. The molecule has 4 rings (SSSR count). The summed E-state index contributed by atoms with van der Waals surface area (Å²) in [5.41, 5.74) is 1.83. The first kappa shape index (κ1) is 18.0. The Hall–Kier alpha value is -3.35. The Morgan fingerprint density at radius 1 is 1.04 bits per heavy atom. The summed E-state index contributed by atoms with van der Waals surface area (Å²) in [7, 11) is 0. The Balaban J connectivity index is 1.73. The molecule has 3 N–H and O–H groups in total. The van der Waals surface area contributed by atoms with Gasteiger partial charge in [0.25, 0.3) is 11.5 Å². The zero-order valence-corrected chi connectivity index (χ0v) is 15.4. The second-order valence-electron chi connectivity index (χ2n) is 7.02. The van der Waals surface area contributed by atoms with Crippen molar-refractivity contribution < 1.29 is 34.3 Å². The standard InChI is InChI=1S/C21H20O7/c1-11-9-15(23)10-16(24)17(11)21(8-7-13-3-5-14(22)6-4-13)27-18-12(2)26-20(25)19(18)28-21/h3-6,9-10,12,22-24H,7-8H2,1-2H3. The first-order valence-corrected chi connectivity index (χ1v) is 8.93. The molecule has 0 spiro atoms. The fourth-order valence-electron chi connectivity index (χ4n) is 3.68. The summed E-state index contributed by atoms with van der Waals surface area (Å²) in [5.74, 6) is -1.85. The molecule has 2 aliphatic rings. The highest BCUT2D eigenvalue weighted by Crippen LogP contribution is 2.50. The number of phenolic OH excluding ortho intramolecular Hbond substituents is 3. The second-order valence-corrected chi connectivity index (χ2v) is 7.02. The third kappa shape index (κ3) is 2.89. The van der Waals surface area contributed by atoms with E-state index < -0.39 is 17.9 Å². The predicted octanol–water partition coefficient (Wildman–Crippen LogP) is 3.10. The minimum atomic E-state index is -1.43. The molecule has 0 fully saturated rings. The minimum Gasteiger partial charge on any atom is -0.508 e. The quantitative estimate of drug-likeness (QED) is 0.696. The van der Waals surface area contributed by atoms with E-state index in [2.05, 4.69) is 0 Å². The topological polar surface area (TPSA) is 105 Å². The van der Waals surface area contributed by atoms with Crippen LogP contribution in [-0.4, -0.2) is 27.4 Å². The number of aryl methyl sites for hydroxylation is 2. The number of benzene rings is 2. The summed E-state index contributed by atoms with van der Waals surface area (Å²) >= 11 is 0. The van der Waals surface area contributed by atoms with Crippen molar-refractivity contribution in [3.05, 3.63) is 64.6 Å². The van der Waals surface area contributed by atoms with Gasteiger partial charge in [0.05, 0.1) is 5.56 Å². The van der Waals surface area contributed by atoms with Crippen LogP contribution in [0.15, 0.2) is 47.9 Å². The lowest BCUT2D eigenvalue weighted by Gasteiger charge is -2.32. The number of carbonyl (C=O) groups excluding carboxylic acids is 1. The third-order valence-corrected chi connectivity index (χ3v) is 4.96. The van der Waals surface area contributed by atoms with Gasteiger partial charge in [-0.2, -0.15) is 0 Å². The lowest BCUT2D eigenvalue weighted by molar-refractivity contribution is -0.193. The SMILES string of the molecule is Cc1cc(O)cc(O)c1C1(CCc2ccc(O)cc2)OC2=C(O1)C(C)OC2=O. The average Bonchev–Trinajstić information content (AvgIpc) is 3.12. The van der Waals surface area contributed by atoms with E-state index in [1.54, 1.807) is 38.1 Å². The van der Waals surface area contributed by atoms with Gasteiger partial charge in [-0.05, 0) is 49.6 Å². The van der Waals surface area contributed by atoms with Crippen LogP contribution in [-0.2, 0) is 31.2 Å². The van der Waals surface area contributed by atoms with Gasteiger partial charge < -0.3 is 29.5 Å². The van der Waals surface area contributed by atoms with Crippen molar-refractivity contribution in [2.75, 3.05) is 0 Å². The van der Waals surface area contributed by atoms with Gasteiger partial charge in [-0.15, -0.1) is 0 Å². The highest BCUT2D eigenvalue weighted by Gasteiger charge is 2.53. The zero-order valence-electron chi connectivity index (χ0n) is 15.4. The van der Waals surface area contributed by atoms with Crippen molar-refractivity contribution in [3.63, 3.8) is 0 Å². The summed E-state index contributed by atoms with van der Waals surface area (Å²) in [5, 5.41) is 29.8. The lowest BCUT2D eigenvalue weighted by atomic mass is 9.93. The number of cyclic esters (lactones) is 1. The van der Waals surface area contributed by atoms with Crippen LogP contribution >= 0.6 is 0 Å². The Bertz CT molecular complexity index is 954.